The van der Waals surface area contributed by atoms with Crippen LogP contribution in [0.4, 0.5) is 0 Å². The van der Waals surface area contributed by atoms with E-state index < -0.39 is 0 Å². The Hall–Kier alpha value is -6.06. The summed E-state index contributed by atoms with van der Waals surface area (Å²) in [5, 5.41) is 7.96. The Bertz CT molecular complexity index is 3240. The minimum atomic E-state index is 0.0862. The molecule has 0 amide bonds. The molecule has 5 heterocycles. The second-order valence-electron chi connectivity index (χ2n) is 15.9. The lowest BCUT2D eigenvalue weighted by Gasteiger charge is -2.37. The normalized spacial score (nSPS) is 14.5. The molecule has 0 saturated heterocycles. The molecule has 2 aliphatic heterocycles. The highest BCUT2D eigenvalue weighted by atomic mass is 15.1. The molecule has 1 unspecified atom stereocenters. The summed E-state index contributed by atoms with van der Waals surface area (Å²) in [6.45, 7) is 13.4. The van der Waals surface area contributed by atoms with Crippen molar-refractivity contribution in [2.75, 3.05) is 0 Å². The zero-order chi connectivity index (χ0) is 34.9. The first kappa shape index (κ1) is 28.6. The third-order valence-corrected chi connectivity index (χ3v) is 12.2. The smallest absolute Gasteiger partial charge is 0.0765 e. The molecule has 0 aliphatic carbocycles. The average molecular weight is 668 g/mol. The molecule has 0 radical (unpaired) electrons. The van der Waals surface area contributed by atoms with Gasteiger partial charge in [0, 0.05) is 43.8 Å². The van der Waals surface area contributed by atoms with Gasteiger partial charge in [-0.1, -0.05) is 69.8 Å². The Labute approximate surface area is 301 Å². The number of fused-ring (bicyclic) bond motifs is 13. The van der Waals surface area contributed by atoms with E-state index in [-0.39, 0.29) is 5.92 Å². The zero-order valence-corrected chi connectivity index (χ0v) is 30.3. The second-order valence-corrected chi connectivity index (χ2v) is 15.9. The highest BCUT2D eigenvalue weighted by Gasteiger charge is 2.40. The Morgan fingerprint density at radius 1 is 0.346 bits per heavy atom. The van der Waals surface area contributed by atoms with E-state index in [1.165, 1.54) is 133 Å². The summed E-state index contributed by atoms with van der Waals surface area (Å²) in [6, 6.07) is 42.6. The van der Waals surface area contributed by atoms with Gasteiger partial charge in [0.2, 0.25) is 0 Å². The Morgan fingerprint density at radius 2 is 0.731 bits per heavy atom. The highest BCUT2D eigenvalue weighted by molar-refractivity contribution is 6.16. The van der Waals surface area contributed by atoms with Gasteiger partial charge in [-0.2, -0.15) is 0 Å². The van der Waals surface area contributed by atoms with Crippen LogP contribution in [0.1, 0.15) is 56.0 Å². The van der Waals surface area contributed by atoms with Crippen LogP contribution in [0, 0.1) is 41.5 Å². The van der Waals surface area contributed by atoms with Gasteiger partial charge in [-0.05, 0) is 125 Å². The molecule has 3 aromatic heterocycles. The largest absolute Gasteiger partial charge is 0.309 e. The number of hydrogen-bond acceptors (Lipinski definition) is 0. The van der Waals surface area contributed by atoms with Crippen molar-refractivity contribution in [1.82, 2.24) is 13.7 Å². The monoisotopic (exact) mass is 667 g/mol. The van der Waals surface area contributed by atoms with Gasteiger partial charge in [-0.25, -0.2) is 0 Å². The summed E-state index contributed by atoms with van der Waals surface area (Å²) in [7, 11) is 0. The number of hydrogen-bond donors (Lipinski definition) is 0. The summed E-state index contributed by atoms with van der Waals surface area (Å²) >= 11 is 0. The maximum Gasteiger partial charge on any atom is 0.0765 e. The van der Waals surface area contributed by atoms with E-state index in [1.54, 1.807) is 0 Å². The van der Waals surface area contributed by atoms with E-state index in [0.29, 0.717) is 0 Å². The Balaban J connectivity index is 1.35. The lowest BCUT2D eigenvalue weighted by molar-refractivity contribution is 0.874. The van der Waals surface area contributed by atoms with Crippen LogP contribution >= 0.6 is 0 Å². The molecule has 1 atom stereocenters. The van der Waals surface area contributed by atoms with Crippen LogP contribution in [-0.2, 0) is 0 Å². The van der Waals surface area contributed by atoms with E-state index in [9.17, 15) is 0 Å². The maximum atomic E-state index is 2.64. The molecule has 0 fully saturated rings. The topological polar surface area (TPSA) is 14.8 Å². The van der Waals surface area contributed by atoms with Gasteiger partial charge in [0.05, 0.1) is 50.2 Å². The number of aryl methyl sites for hydroxylation is 6. The van der Waals surface area contributed by atoms with Crippen molar-refractivity contribution in [2.45, 2.75) is 47.5 Å². The van der Waals surface area contributed by atoms with Crippen LogP contribution in [0.25, 0.3) is 82.5 Å². The van der Waals surface area contributed by atoms with Gasteiger partial charge in [0.1, 0.15) is 0 Å². The maximum absolute atomic E-state index is 2.64. The zero-order valence-electron chi connectivity index (χ0n) is 30.3. The van der Waals surface area contributed by atoms with E-state index in [0.717, 1.165) is 0 Å². The lowest BCUT2D eigenvalue weighted by atomic mass is 9.77. The summed E-state index contributed by atoms with van der Waals surface area (Å²) in [6.07, 6.45) is 0. The first-order valence-electron chi connectivity index (χ1n) is 18.6. The summed E-state index contributed by atoms with van der Waals surface area (Å²) < 4.78 is 7.78. The van der Waals surface area contributed by atoms with Crippen LogP contribution < -0.4 is 0 Å². The Kier molecular flexibility index (Phi) is 5.19. The number of benzene rings is 7. The van der Waals surface area contributed by atoms with Crippen molar-refractivity contribution in [3.63, 3.8) is 0 Å². The summed E-state index contributed by atoms with van der Waals surface area (Å²) in [5.74, 6) is 0.0862. The minimum Gasteiger partial charge on any atom is -0.309 e. The standard InChI is InChI=1S/C49H37N3/c1-25-7-11-39-31(17-25)32-18-26(2)8-12-40(32)50(39)44-16-15-43-46-45(37-23-29(5)21-35-33-19-27(3)9-13-41(33)51(43)47(35)37)38-24-30(6)22-36-34-20-28(4)10-14-42(34)52(48(36)38)49(44)46/h7-24,45H,1-6H3. The Morgan fingerprint density at radius 3 is 1.23 bits per heavy atom. The van der Waals surface area contributed by atoms with Crippen LogP contribution in [-0.4, -0.2) is 13.7 Å². The quantitative estimate of drug-likeness (QED) is 0.165. The van der Waals surface area contributed by atoms with Crippen LogP contribution in [0.2, 0.25) is 0 Å². The average Bonchev–Trinajstić information content (AvgIpc) is 3.73. The second kappa shape index (κ2) is 9.43. The van der Waals surface area contributed by atoms with E-state index in [4.69, 9.17) is 0 Å². The van der Waals surface area contributed by atoms with Crippen LogP contribution in [0.5, 0.6) is 0 Å². The van der Waals surface area contributed by atoms with E-state index >= 15 is 0 Å². The molecule has 0 bridgehead atoms. The van der Waals surface area contributed by atoms with Gasteiger partial charge in [0.15, 0.2) is 0 Å². The molecule has 0 N–H and O–H groups in total. The SMILES string of the molecule is Cc1ccc2c(c1)c1cc(C)ccc1n2-c1ccc2c3c1-n1c4ccc(C)cc4c4cc(C)cc(c41)C3c1cc(C)cc3c4cc(C)ccc4n-2c13. The summed E-state index contributed by atoms with van der Waals surface area (Å²) in [4.78, 5) is 0. The molecule has 10 aromatic rings. The minimum absolute atomic E-state index is 0.0862. The van der Waals surface area contributed by atoms with E-state index in [2.05, 4.69) is 164 Å². The lowest BCUT2D eigenvalue weighted by Crippen LogP contribution is -2.23. The molecule has 3 heteroatoms. The van der Waals surface area contributed by atoms with Gasteiger partial charge >= 0.3 is 0 Å². The van der Waals surface area contributed by atoms with Crippen LogP contribution in [0.15, 0.2) is 109 Å². The fraction of sp³-hybridized carbons (Fsp3) is 0.143. The molecule has 2 aliphatic rings. The van der Waals surface area contributed by atoms with Crippen molar-refractivity contribution in [2.24, 2.45) is 0 Å². The van der Waals surface area contributed by atoms with Crippen molar-refractivity contribution in [3.05, 3.63) is 159 Å². The van der Waals surface area contributed by atoms with Gasteiger partial charge < -0.3 is 13.7 Å². The first-order valence-corrected chi connectivity index (χ1v) is 18.6. The first-order chi connectivity index (χ1) is 25.2. The fourth-order valence-corrected chi connectivity index (χ4v) is 10.3. The molecule has 52 heavy (non-hydrogen) atoms. The molecule has 0 spiro atoms. The number of rotatable bonds is 1. The molecule has 3 nitrogen and oxygen atoms in total. The molecule has 248 valence electrons. The molecule has 0 saturated carbocycles. The van der Waals surface area contributed by atoms with Crippen molar-refractivity contribution < 1.29 is 0 Å². The predicted octanol–water partition coefficient (Wildman–Crippen LogP) is 12.6. The number of aromatic nitrogens is 3. The molecule has 12 rings (SSSR count). The molecular formula is C49H37N3. The highest BCUT2D eigenvalue weighted by Crippen LogP contribution is 2.56. The number of nitrogens with zero attached hydrogens (tertiary/aromatic N) is 3. The van der Waals surface area contributed by atoms with Crippen molar-refractivity contribution in [1.29, 1.82) is 0 Å². The van der Waals surface area contributed by atoms with Gasteiger partial charge in [0.25, 0.3) is 0 Å². The molecular weight excluding hydrogens is 631 g/mol. The van der Waals surface area contributed by atoms with Crippen molar-refractivity contribution in [3.8, 4) is 17.1 Å². The third kappa shape index (κ3) is 3.37. The fourth-order valence-electron chi connectivity index (χ4n) is 10.3. The summed E-state index contributed by atoms with van der Waals surface area (Å²) in [5.41, 5.74) is 23.5. The van der Waals surface area contributed by atoms with Crippen LogP contribution in [0.3, 0.4) is 0 Å². The van der Waals surface area contributed by atoms with Gasteiger partial charge in [-0.3, -0.25) is 0 Å². The van der Waals surface area contributed by atoms with Crippen molar-refractivity contribution >= 4 is 65.4 Å². The molecule has 7 aromatic carbocycles. The predicted molar refractivity (Wildman–Crippen MR) is 219 cm³/mol. The van der Waals surface area contributed by atoms with Gasteiger partial charge in [-0.15, -0.1) is 0 Å². The van der Waals surface area contributed by atoms with E-state index in [1.807, 2.05) is 0 Å². The third-order valence-electron chi connectivity index (χ3n) is 12.2.